The Kier molecular flexibility index (Phi) is 5.01. The number of hydrogen-bond acceptors (Lipinski definition) is 8. The van der Waals surface area contributed by atoms with Crippen LogP contribution in [0.4, 0.5) is 5.69 Å². The standard InChI is InChI=1S/C12H15NO7S/c14-5-8-11(21)9(15)10(16)12(20-8)19-7-3-1-6(2-4-7)13(17)18/h1-4,8-12,14-16,21H,5H2/t8-,9-,10-,11-,12-/m1/s1. The number of nitrogens with zero attached hydrogens (tertiary/aromatic N) is 1. The predicted molar refractivity (Wildman–Crippen MR) is 74.3 cm³/mol. The summed E-state index contributed by atoms with van der Waals surface area (Å²) in [6.07, 6.45) is -4.59. The van der Waals surface area contributed by atoms with E-state index in [0.717, 1.165) is 0 Å². The van der Waals surface area contributed by atoms with E-state index >= 15 is 0 Å². The highest BCUT2D eigenvalue weighted by Gasteiger charge is 2.43. The summed E-state index contributed by atoms with van der Waals surface area (Å²) >= 11 is 4.07. The molecule has 1 fully saturated rings. The first-order valence-corrected chi connectivity index (χ1v) is 6.67. The normalized spacial score (nSPS) is 32.7. The van der Waals surface area contributed by atoms with Crippen molar-refractivity contribution in [3.05, 3.63) is 34.4 Å². The minimum Gasteiger partial charge on any atom is -0.462 e. The Bertz CT molecular complexity index is 495. The first-order chi connectivity index (χ1) is 9.93. The number of aliphatic hydroxyl groups is 3. The van der Waals surface area contributed by atoms with Gasteiger partial charge in [-0.3, -0.25) is 10.1 Å². The smallest absolute Gasteiger partial charge is 0.269 e. The number of benzene rings is 1. The fourth-order valence-electron chi connectivity index (χ4n) is 1.95. The molecule has 1 aliphatic rings. The van der Waals surface area contributed by atoms with E-state index in [0.29, 0.717) is 0 Å². The van der Waals surface area contributed by atoms with Crippen LogP contribution >= 0.6 is 12.6 Å². The van der Waals surface area contributed by atoms with Crippen LogP contribution in [0.15, 0.2) is 24.3 Å². The van der Waals surface area contributed by atoms with Gasteiger partial charge in [0.15, 0.2) is 0 Å². The van der Waals surface area contributed by atoms with Gasteiger partial charge in [-0.2, -0.15) is 12.6 Å². The number of aliphatic hydroxyl groups excluding tert-OH is 3. The number of nitro benzene ring substituents is 1. The van der Waals surface area contributed by atoms with Crippen molar-refractivity contribution in [3.63, 3.8) is 0 Å². The largest absolute Gasteiger partial charge is 0.462 e. The van der Waals surface area contributed by atoms with Crippen molar-refractivity contribution in [1.29, 1.82) is 0 Å². The second-order valence-corrected chi connectivity index (χ2v) is 5.16. The Morgan fingerprint density at radius 1 is 1.29 bits per heavy atom. The zero-order chi connectivity index (χ0) is 15.6. The van der Waals surface area contributed by atoms with Crippen LogP contribution in [-0.4, -0.2) is 56.7 Å². The number of ether oxygens (including phenoxy) is 2. The Hall–Kier alpha value is -1.39. The molecule has 0 unspecified atom stereocenters. The van der Waals surface area contributed by atoms with Gasteiger partial charge in [-0.15, -0.1) is 0 Å². The molecule has 1 aromatic rings. The van der Waals surface area contributed by atoms with Crippen molar-refractivity contribution in [2.45, 2.75) is 29.9 Å². The first kappa shape index (κ1) is 16.0. The molecule has 8 nitrogen and oxygen atoms in total. The molecule has 1 aromatic carbocycles. The average molecular weight is 317 g/mol. The van der Waals surface area contributed by atoms with Crippen LogP contribution in [0.25, 0.3) is 0 Å². The summed E-state index contributed by atoms with van der Waals surface area (Å²) in [4.78, 5) is 10.00. The summed E-state index contributed by atoms with van der Waals surface area (Å²) in [5, 5.41) is 38.7. The second-order valence-electron chi connectivity index (χ2n) is 4.57. The summed E-state index contributed by atoms with van der Waals surface area (Å²) < 4.78 is 10.7. The molecule has 0 bridgehead atoms. The molecule has 1 heterocycles. The molecular formula is C12H15NO7S. The van der Waals surface area contributed by atoms with E-state index in [1.807, 2.05) is 0 Å². The van der Waals surface area contributed by atoms with E-state index < -0.39 is 41.4 Å². The maximum Gasteiger partial charge on any atom is 0.269 e. The van der Waals surface area contributed by atoms with Gasteiger partial charge in [0.2, 0.25) is 6.29 Å². The monoisotopic (exact) mass is 317 g/mol. The molecule has 21 heavy (non-hydrogen) atoms. The molecule has 0 spiro atoms. The first-order valence-electron chi connectivity index (χ1n) is 6.15. The van der Waals surface area contributed by atoms with E-state index in [-0.39, 0.29) is 11.4 Å². The van der Waals surface area contributed by atoms with Crippen LogP contribution in [0.3, 0.4) is 0 Å². The lowest BCUT2D eigenvalue weighted by Crippen LogP contribution is -2.58. The molecule has 1 saturated heterocycles. The third-order valence-corrected chi connectivity index (χ3v) is 3.79. The SMILES string of the molecule is O=[N+]([O-])c1ccc(O[C@@H]2O[C@H](CO)[C@@H](S)[C@H](O)[C@H]2O)cc1. The van der Waals surface area contributed by atoms with Gasteiger partial charge in [-0.05, 0) is 12.1 Å². The molecule has 0 aromatic heterocycles. The molecule has 3 N–H and O–H groups in total. The Labute approximate surface area is 125 Å². The van der Waals surface area contributed by atoms with Crippen molar-refractivity contribution < 1.29 is 29.7 Å². The Morgan fingerprint density at radius 2 is 1.90 bits per heavy atom. The van der Waals surface area contributed by atoms with Crippen molar-refractivity contribution >= 4 is 18.3 Å². The fraction of sp³-hybridized carbons (Fsp3) is 0.500. The fourth-order valence-corrected chi connectivity index (χ4v) is 2.29. The molecule has 0 aliphatic carbocycles. The van der Waals surface area contributed by atoms with Gasteiger partial charge in [0.1, 0.15) is 18.0 Å². The molecule has 9 heteroatoms. The summed E-state index contributed by atoms with van der Waals surface area (Å²) in [6, 6.07) is 5.18. The van der Waals surface area contributed by atoms with Gasteiger partial charge >= 0.3 is 0 Å². The van der Waals surface area contributed by atoms with E-state index in [9.17, 15) is 20.3 Å². The number of thiol groups is 1. The van der Waals surface area contributed by atoms with Crippen LogP contribution in [-0.2, 0) is 4.74 Å². The number of nitro groups is 1. The maximum atomic E-state index is 10.5. The second kappa shape index (κ2) is 6.58. The van der Waals surface area contributed by atoms with Gasteiger partial charge in [0, 0.05) is 12.1 Å². The quantitative estimate of drug-likeness (QED) is 0.342. The summed E-state index contributed by atoms with van der Waals surface area (Å²) in [6.45, 7) is -0.391. The Balaban J connectivity index is 2.08. The van der Waals surface area contributed by atoms with Crippen molar-refractivity contribution in [3.8, 4) is 5.75 Å². The summed E-state index contributed by atoms with van der Waals surface area (Å²) in [5.41, 5.74) is -0.101. The topological polar surface area (TPSA) is 122 Å². The molecule has 2 rings (SSSR count). The van der Waals surface area contributed by atoms with Crippen molar-refractivity contribution in [1.82, 2.24) is 0 Å². The lowest BCUT2D eigenvalue weighted by atomic mass is 10.0. The van der Waals surface area contributed by atoms with Gasteiger partial charge in [-0.1, -0.05) is 0 Å². The van der Waals surface area contributed by atoms with Gasteiger partial charge in [0.05, 0.1) is 22.9 Å². The minimum atomic E-state index is -1.36. The molecule has 0 saturated carbocycles. The highest BCUT2D eigenvalue weighted by atomic mass is 32.1. The molecule has 0 amide bonds. The van der Waals surface area contributed by atoms with E-state index in [2.05, 4.69) is 12.6 Å². The van der Waals surface area contributed by atoms with Gasteiger partial charge in [0.25, 0.3) is 5.69 Å². The van der Waals surface area contributed by atoms with Crippen LogP contribution in [0.1, 0.15) is 0 Å². The predicted octanol–water partition coefficient (Wildman–Crippen LogP) is -0.289. The van der Waals surface area contributed by atoms with E-state index in [1.54, 1.807) is 0 Å². The van der Waals surface area contributed by atoms with Crippen LogP contribution < -0.4 is 4.74 Å². The summed E-state index contributed by atoms with van der Waals surface area (Å²) in [5.74, 6) is 0.228. The minimum absolute atomic E-state index is 0.101. The zero-order valence-corrected chi connectivity index (χ0v) is 11.7. The lowest BCUT2D eigenvalue weighted by molar-refractivity contribution is -0.384. The van der Waals surface area contributed by atoms with E-state index in [4.69, 9.17) is 14.6 Å². The molecule has 116 valence electrons. The number of rotatable bonds is 4. The molecule has 5 atom stereocenters. The maximum absolute atomic E-state index is 10.5. The highest BCUT2D eigenvalue weighted by molar-refractivity contribution is 7.81. The highest BCUT2D eigenvalue weighted by Crippen LogP contribution is 2.27. The van der Waals surface area contributed by atoms with Crippen molar-refractivity contribution in [2.24, 2.45) is 0 Å². The Morgan fingerprint density at radius 3 is 2.43 bits per heavy atom. The van der Waals surface area contributed by atoms with Crippen LogP contribution in [0.5, 0.6) is 5.75 Å². The number of hydrogen-bond donors (Lipinski definition) is 4. The van der Waals surface area contributed by atoms with Crippen molar-refractivity contribution in [2.75, 3.05) is 6.61 Å². The van der Waals surface area contributed by atoms with E-state index in [1.165, 1.54) is 24.3 Å². The van der Waals surface area contributed by atoms with Gasteiger partial charge in [-0.25, -0.2) is 0 Å². The lowest BCUT2D eigenvalue weighted by Gasteiger charge is -2.39. The van der Waals surface area contributed by atoms with Gasteiger partial charge < -0.3 is 24.8 Å². The molecule has 0 radical (unpaired) electrons. The number of non-ortho nitro benzene ring substituents is 1. The average Bonchev–Trinajstić information content (AvgIpc) is 2.48. The van der Waals surface area contributed by atoms with Crippen LogP contribution in [0.2, 0.25) is 0 Å². The third-order valence-electron chi connectivity index (χ3n) is 3.15. The molecule has 1 aliphatic heterocycles. The third kappa shape index (κ3) is 3.44. The van der Waals surface area contributed by atoms with Crippen LogP contribution in [0, 0.1) is 10.1 Å². The zero-order valence-electron chi connectivity index (χ0n) is 10.8. The summed E-state index contributed by atoms with van der Waals surface area (Å²) in [7, 11) is 0. The molecular weight excluding hydrogens is 302 g/mol.